The van der Waals surface area contributed by atoms with E-state index in [0.29, 0.717) is 10.3 Å². The Labute approximate surface area is 66.5 Å². The molecule has 0 aliphatic carbocycles. The molecule has 1 rings (SSSR count). The zero-order valence-corrected chi connectivity index (χ0v) is 6.62. The largest absolute Gasteiger partial charge is 0.410 e. The molecule has 0 aliphatic rings. The fraction of sp³-hybridized carbons (Fsp3) is 0. The van der Waals surface area contributed by atoms with Crippen molar-refractivity contribution in [2.24, 2.45) is 5.16 Å². The van der Waals surface area contributed by atoms with E-state index in [-0.39, 0.29) is 0 Å². The molecule has 1 N–H and O–H groups in total. The molecule has 1 aromatic rings. The molecule has 1 aromatic heterocycles. The third-order valence-corrected chi connectivity index (χ3v) is 1.53. The summed E-state index contributed by atoms with van der Waals surface area (Å²) >= 11 is 3.02. The number of rotatable bonds is 1. The number of halogens is 1. The van der Waals surface area contributed by atoms with Gasteiger partial charge in [0.2, 0.25) is 0 Å². The van der Waals surface area contributed by atoms with Crippen LogP contribution in [-0.4, -0.2) is 14.8 Å². The summed E-state index contributed by atoms with van der Waals surface area (Å²) in [5.74, 6) is 0. The van der Waals surface area contributed by atoms with Gasteiger partial charge in [0, 0.05) is 6.20 Å². The highest BCUT2D eigenvalue weighted by molar-refractivity contribution is 9.18. The van der Waals surface area contributed by atoms with Gasteiger partial charge in [-0.25, -0.2) is 0 Å². The smallest absolute Gasteiger partial charge is 0.170 e. The lowest BCUT2D eigenvalue weighted by molar-refractivity contribution is 0.321. The van der Waals surface area contributed by atoms with Gasteiger partial charge >= 0.3 is 0 Å². The van der Waals surface area contributed by atoms with Crippen LogP contribution in [0.5, 0.6) is 0 Å². The van der Waals surface area contributed by atoms with E-state index >= 15 is 0 Å². The Bertz CT molecular complexity index is 235. The second-order valence-corrected chi connectivity index (χ2v) is 2.36. The van der Waals surface area contributed by atoms with Gasteiger partial charge in [0.1, 0.15) is 0 Å². The van der Waals surface area contributed by atoms with Crippen LogP contribution < -0.4 is 0 Å². The minimum atomic E-state index is 0.341. The average Bonchev–Trinajstić information content (AvgIpc) is 2.05. The molecule has 0 aliphatic heterocycles. The summed E-state index contributed by atoms with van der Waals surface area (Å²) in [6, 6.07) is 5.35. The van der Waals surface area contributed by atoms with Crippen molar-refractivity contribution in [3.63, 3.8) is 0 Å². The van der Waals surface area contributed by atoms with E-state index in [0.717, 1.165) is 0 Å². The summed E-state index contributed by atoms with van der Waals surface area (Å²) in [6.07, 6.45) is 1.63. The first-order valence-electron chi connectivity index (χ1n) is 2.63. The van der Waals surface area contributed by atoms with Crippen LogP contribution in [0.2, 0.25) is 0 Å². The number of hydrogen-bond acceptors (Lipinski definition) is 3. The summed E-state index contributed by atoms with van der Waals surface area (Å²) in [7, 11) is 0. The molecule has 0 aromatic carbocycles. The van der Waals surface area contributed by atoms with E-state index in [9.17, 15) is 0 Å². The van der Waals surface area contributed by atoms with Gasteiger partial charge in [0.05, 0.1) is 5.69 Å². The summed E-state index contributed by atoms with van der Waals surface area (Å²) < 4.78 is 0.341. The Morgan fingerprint density at radius 2 is 2.40 bits per heavy atom. The molecule has 0 spiro atoms. The van der Waals surface area contributed by atoms with Crippen LogP contribution in [0.3, 0.4) is 0 Å². The van der Waals surface area contributed by atoms with Crippen LogP contribution in [0.4, 0.5) is 0 Å². The molecular formula is C6H5BrN2O. The van der Waals surface area contributed by atoms with Crippen molar-refractivity contribution in [3.05, 3.63) is 30.1 Å². The van der Waals surface area contributed by atoms with Gasteiger partial charge in [-0.15, -0.1) is 0 Å². The van der Waals surface area contributed by atoms with Crippen LogP contribution in [0.15, 0.2) is 29.6 Å². The maximum atomic E-state index is 8.29. The van der Waals surface area contributed by atoms with Crippen LogP contribution in [-0.2, 0) is 0 Å². The molecule has 0 saturated heterocycles. The monoisotopic (exact) mass is 200 g/mol. The van der Waals surface area contributed by atoms with Crippen LogP contribution in [0.25, 0.3) is 0 Å². The van der Waals surface area contributed by atoms with Gasteiger partial charge in [-0.3, -0.25) is 4.98 Å². The molecule has 0 bridgehead atoms. The van der Waals surface area contributed by atoms with Gasteiger partial charge in [-0.05, 0) is 28.1 Å². The fourth-order valence-electron chi connectivity index (χ4n) is 0.536. The van der Waals surface area contributed by atoms with Crippen LogP contribution in [0, 0.1) is 0 Å². The summed E-state index contributed by atoms with van der Waals surface area (Å²) in [5.41, 5.74) is 0.616. The Hall–Kier alpha value is -0.900. The van der Waals surface area contributed by atoms with Crippen molar-refractivity contribution in [1.29, 1.82) is 0 Å². The SMILES string of the molecule is O/N=C(\Br)c1ccccn1. The summed E-state index contributed by atoms with van der Waals surface area (Å²) in [4.78, 5) is 3.91. The maximum absolute atomic E-state index is 8.29. The normalized spacial score (nSPS) is 11.5. The van der Waals surface area contributed by atoms with E-state index in [1.54, 1.807) is 18.3 Å². The Morgan fingerprint density at radius 3 is 2.90 bits per heavy atom. The molecule has 0 unspecified atom stereocenters. The molecule has 10 heavy (non-hydrogen) atoms. The van der Waals surface area contributed by atoms with E-state index in [1.807, 2.05) is 6.07 Å². The van der Waals surface area contributed by atoms with Gasteiger partial charge in [-0.2, -0.15) is 0 Å². The predicted octanol–water partition coefficient (Wildman–Crippen LogP) is 1.61. The average molecular weight is 201 g/mol. The van der Waals surface area contributed by atoms with Gasteiger partial charge in [0.25, 0.3) is 0 Å². The number of aromatic nitrogens is 1. The highest BCUT2D eigenvalue weighted by Crippen LogP contribution is 2.01. The third-order valence-electron chi connectivity index (χ3n) is 0.964. The molecule has 4 heteroatoms. The van der Waals surface area contributed by atoms with Gasteiger partial charge < -0.3 is 5.21 Å². The molecule has 0 amide bonds. The molecule has 1 heterocycles. The zero-order chi connectivity index (χ0) is 7.40. The quantitative estimate of drug-likeness (QED) is 0.426. The molecule has 0 fully saturated rings. The van der Waals surface area contributed by atoms with Crippen molar-refractivity contribution < 1.29 is 5.21 Å². The van der Waals surface area contributed by atoms with Crippen molar-refractivity contribution in [2.75, 3.05) is 0 Å². The first-order valence-corrected chi connectivity index (χ1v) is 3.43. The van der Waals surface area contributed by atoms with E-state index < -0.39 is 0 Å². The minimum absolute atomic E-state index is 0.341. The lowest BCUT2D eigenvalue weighted by atomic mass is 10.4. The highest BCUT2D eigenvalue weighted by atomic mass is 79.9. The first-order chi connectivity index (χ1) is 4.84. The van der Waals surface area contributed by atoms with Crippen LogP contribution in [0.1, 0.15) is 5.69 Å². The second-order valence-electron chi connectivity index (χ2n) is 1.61. The topological polar surface area (TPSA) is 45.5 Å². The Kier molecular flexibility index (Phi) is 2.39. The summed E-state index contributed by atoms with van der Waals surface area (Å²) in [5, 5.41) is 11.2. The molecule has 0 radical (unpaired) electrons. The highest BCUT2D eigenvalue weighted by Gasteiger charge is 1.97. The van der Waals surface area contributed by atoms with Gasteiger partial charge in [-0.1, -0.05) is 11.2 Å². The van der Waals surface area contributed by atoms with E-state index in [1.165, 1.54) is 0 Å². The van der Waals surface area contributed by atoms with E-state index in [4.69, 9.17) is 5.21 Å². The zero-order valence-electron chi connectivity index (χ0n) is 5.03. The van der Waals surface area contributed by atoms with Gasteiger partial charge in [0.15, 0.2) is 4.62 Å². The molecule has 52 valence electrons. The predicted molar refractivity (Wildman–Crippen MR) is 41.5 cm³/mol. The van der Waals surface area contributed by atoms with Crippen molar-refractivity contribution >= 4 is 20.6 Å². The molecule has 3 nitrogen and oxygen atoms in total. The summed E-state index contributed by atoms with van der Waals surface area (Å²) in [6.45, 7) is 0. The van der Waals surface area contributed by atoms with Crippen molar-refractivity contribution in [2.45, 2.75) is 0 Å². The third kappa shape index (κ3) is 1.54. The Morgan fingerprint density at radius 1 is 1.60 bits per heavy atom. The lowest BCUT2D eigenvalue weighted by Gasteiger charge is -1.91. The number of hydrogen-bond donors (Lipinski definition) is 1. The molecule has 0 atom stereocenters. The number of oxime groups is 1. The number of pyridine rings is 1. The maximum Gasteiger partial charge on any atom is 0.170 e. The number of nitrogens with zero attached hydrogens (tertiary/aromatic N) is 2. The van der Waals surface area contributed by atoms with E-state index in [2.05, 4.69) is 26.1 Å². The van der Waals surface area contributed by atoms with Crippen LogP contribution >= 0.6 is 15.9 Å². The van der Waals surface area contributed by atoms with Crippen molar-refractivity contribution in [1.82, 2.24) is 4.98 Å². The first kappa shape index (κ1) is 7.21. The lowest BCUT2D eigenvalue weighted by Crippen LogP contribution is -1.92. The molecule has 0 saturated carbocycles. The second kappa shape index (κ2) is 3.31. The fourth-order valence-corrected chi connectivity index (χ4v) is 0.771. The van der Waals surface area contributed by atoms with Crippen molar-refractivity contribution in [3.8, 4) is 0 Å². The minimum Gasteiger partial charge on any atom is -0.410 e. The molecular weight excluding hydrogens is 196 g/mol. The Balaban J connectivity index is 2.96. The standard InChI is InChI=1S/C6H5BrN2O/c7-6(9-10)5-3-1-2-4-8-5/h1-4,10H/b9-6-.